The number of carbonyl (C=O) groups is 1. The molecule has 1 rings (SSSR count). The molecule has 160 valence electrons. The third kappa shape index (κ3) is 7.75. The molecule has 0 bridgehead atoms. The van der Waals surface area contributed by atoms with Crippen molar-refractivity contribution in [3.8, 4) is 0 Å². The lowest BCUT2D eigenvalue weighted by Crippen LogP contribution is -2.64. The van der Waals surface area contributed by atoms with E-state index in [2.05, 4.69) is 5.32 Å². The van der Waals surface area contributed by atoms with E-state index in [1.807, 2.05) is 13.8 Å². The Morgan fingerprint density at radius 2 is 1.81 bits per heavy atom. The minimum Gasteiger partial charge on any atom is -0.388 e. The summed E-state index contributed by atoms with van der Waals surface area (Å²) in [6.45, 7) is 8.03. The van der Waals surface area contributed by atoms with Crippen LogP contribution in [-0.2, 0) is 28.1 Å². The summed E-state index contributed by atoms with van der Waals surface area (Å²) in [7, 11) is -3.88. The van der Waals surface area contributed by atoms with E-state index >= 15 is 0 Å². The van der Waals surface area contributed by atoms with Crippen molar-refractivity contribution in [2.75, 3.05) is 19.8 Å². The number of nitrogens with one attached hydrogen (secondary N) is 1. The number of ether oxygens (including phenoxy) is 3. The Morgan fingerprint density at radius 3 is 2.33 bits per heavy atom. The molecule has 27 heavy (non-hydrogen) atoms. The van der Waals surface area contributed by atoms with Crippen LogP contribution in [0, 0.1) is 0 Å². The average Bonchev–Trinajstić information content (AvgIpc) is 2.55. The zero-order valence-corrected chi connectivity index (χ0v) is 17.3. The fraction of sp³-hybridized carbons (Fsp3) is 0.938. The summed E-state index contributed by atoms with van der Waals surface area (Å²) in [4.78, 5) is 21.2. The Balaban J connectivity index is 2.78. The summed E-state index contributed by atoms with van der Waals surface area (Å²) in [5.41, 5.74) is -0.629. The largest absolute Gasteiger partial charge is 0.388 e. The van der Waals surface area contributed by atoms with Crippen molar-refractivity contribution in [3.05, 3.63) is 0 Å². The lowest BCUT2D eigenvalue weighted by Gasteiger charge is -2.42. The summed E-state index contributed by atoms with van der Waals surface area (Å²) >= 11 is 0. The number of aliphatic hydroxyl groups is 2. The first kappa shape index (κ1) is 24.5. The summed E-state index contributed by atoms with van der Waals surface area (Å²) in [5.74, 6) is -0.434. The molecule has 1 amide bonds. The highest BCUT2D eigenvalue weighted by Gasteiger charge is 2.46. The second-order valence-electron chi connectivity index (χ2n) is 6.99. The predicted molar refractivity (Wildman–Crippen MR) is 96.2 cm³/mol. The summed E-state index contributed by atoms with van der Waals surface area (Å²) in [5, 5.41) is 23.1. The molecule has 4 N–H and O–H groups in total. The molecule has 0 radical (unpaired) electrons. The van der Waals surface area contributed by atoms with Crippen LogP contribution in [0.15, 0.2) is 0 Å². The molecule has 0 aromatic rings. The highest BCUT2D eigenvalue weighted by atomic mass is 31.2. The van der Waals surface area contributed by atoms with Gasteiger partial charge in [0.1, 0.15) is 24.4 Å². The zero-order chi connectivity index (χ0) is 20.8. The normalized spacial score (nSPS) is 31.1. The van der Waals surface area contributed by atoms with E-state index in [1.54, 1.807) is 0 Å². The summed E-state index contributed by atoms with van der Waals surface area (Å²) < 4.78 is 33.5. The Hall–Kier alpha value is -0.580. The molecule has 1 aliphatic rings. The van der Waals surface area contributed by atoms with Gasteiger partial charge in [-0.15, -0.1) is 0 Å². The monoisotopic (exact) mass is 413 g/mol. The van der Waals surface area contributed by atoms with Crippen LogP contribution in [0.2, 0.25) is 0 Å². The second-order valence-corrected chi connectivity index (χ2v) is 9.41. The van der Waals surface area contributed by atoms with Crippen molar-refractivity contribution in [2.45, 2.75) is 77.0 Å². The van der Waals surface area contributed by atoms with E-state index in [4.69, 9.17) is 18.7 Å². The van der Waals surface area contributed by atoms with Crippen LogP contribution in [0.3, 0.4) is 0 Å². The first-order valence-electron chi connectivity index (χ1n) is 8.94. The summed E-state index contributed by atoms with van der Waals surface area (Å²) in [6, 6.07) is -1.01. The molecule has 6 atom stereocenters. The SMILES string of the molecule is CC(=O)NC1C(OCCOC(C)C)OC(COP(=O)(O)C(C)C)C(O)C1O. The molecule has 0 aliphatic carbocycles. The third-order valence-electron chi connectivity index (χ3n) is 3.96. The number of amides is 1. The minimum absolute atomic E-state index is 0.00954. The molecule has 1 heterocycles. The molecule has 1 saturated heterocycles. The van der Waals surface area contributed by atoms with Crippen molar-refractivity contribution >= 4 is 13.5 Å². The van der Waals surface area contributed by atoms with Crippen molar-refractivity contribution in [1.29, 1.82) is 0 Å². The Bertz CT molecular complexity index is 516. The van der Waals surface area contributed by atoms with Crippen molar-refractivity contribution < 1.29 is 43.2 Å². The summed E-state index contributed by atoms with van der Waals surface area (Å²) in [6.07, 6.45) is -5.05. The van der Waals surface area contributed by atoms with Crippen LogP contribution in [0.4, 0.5) is 0 Å². The van der Waals surface area contributed by atoms with Crippen LogP contribution in [-0.4, -0.2) is 83.2 Å². The highest BCUT2D eigenvalue weighted by molar-refractivity contribution is 7.53. The maximum Gasteiger partial charge on any atom is 0.330 e. The first-order chi connectivity index (χ1) is 12.5. The molecule has 6 unspecified atom stereocenters. The van der Waals surface area contributed by atoms with Gasteiger partial charge in [0.2, 0.25) is 5.91 Å². The lowest BCUT2D eigenvalue weighted by molar-refractivity contribution is -0.271. The number of hydrogen-bond donors (Lipinski definition) is 4. The van der Waals surface area contributed by atoms with E-state index in [0.717, 1.165) is 0 Å². The van der Waals surface area contributed by atoms with Gasteiger partial charge in [-0.3, -0.25) is 9.36 Å². The van der Waals surface area contributed by atoms with Gasteiger partial charge in [-0.1, -0.05) is 13.8 Å². The van der Waals surface area contributed by atoms with Crippen molar-refractivity contribution in [2.24, 2.45) is 0 Å². The van der Waals surface area contributed by atoms with Crippen LogP contribution in [0.1, 0.15) is 34.6 Å². The zero-order valence-electron chi connectivity index (χ0n) is 16.4. The van der Waals surface area contributed by atoms with Gasteiger partial charge >= 0.3 is 7.60 Å². The molecule has 10 nitrogen and oxygen atoms in total. The molecule has 0 spiro atoms. The van der Waals surface area contributed by atoms with E-state index < -0.39 is 56.4 Å². The Kier molecular flexibility index (Phi) is 9.81. The van der Waals surface area contributed by atoms with Gasteiger partial charge in [0.25, 0.3) is 0 Å². The van der Waals surface area contributed by atoms with Crippen molar-refractivity contribution in [1.82, 2.24) is 5.32 Å². The van der Waals surface area contributed by atoms with Crippen LogP contribution in [0.25, 0.3) is 0 Å². The van der Waals surface area contributed by atoms with Crippen LogP contribution in [0.5, 0.6) is 0 Å². The van der Waals surface area contributed by atoms with Gasteiger partial charge in [-0.05, 0) is 13.8 Å². The van der Waals surface area contributed by atoms with Crippen LogP contribution >= 0.6 is 7.60 Å². The van der Waals surface area contributed by atoms with Gasteiger partial charge in [-0.25, -0.2) is 0 Å². The molecular weight excluding hydrogens is 381 g/mol. The maximum absolute atomic E-state index is 11.9. The lowest BCUT2D eigenvalue weighted by atomic mass is 9.97. The second kappa shape index (κ2) is 10.8. The number of carbonyl (C=O) groups excluding carboxylic acids is 1. The predicted octanol–water partition coefficient (Wildman–Crippen LogP) is -0.0102. The Morgan fingerprint density at radius 1 is 1.19 bits per heavy atom. The highest BCUT2D eigenvalue weighted by Crippen LogP contribution is 2.47. The molecule has 0 aromatic carbocycles. The van der Waals surface area contributed by atoms with E-state index in [9.17, 15) is 24.5 Å². The van der Waals surface area contributed by atoms with E-state index in [-0.39, 0.29) is 19.3 Å². The van der Waals surface area contributed by atoms with Gasteiger partial charge < -0.3 is 39.2 Å². The Labute approximate surface area is 159 Å². The molecule has 11 heteroatoms. The molecular formula is C16H32NO9P. The van der Waals surface area contributed by atoms with Gasteiger partial charge in [0, 0.05) is 6.92 Å². The molecule has 0 saturated carbocycles. The first-order valence-corrected chi connectivity index (χ1v) is 10.6. The average molecular weight is 413 g/mol. The maximum atomic E-state index is 11.9. The van der Waals surface area contributed by atoms with Crippen molar-refractivity contribution in [3.63, 3.8) is 0 Å². The smallest absolute Gasteiger partial charge is 0.330 e. The van der Waals surface area contributed by atoms with Crippen LogP contribution < -0.4 is 5.32 Å². The molecule has 1 fully saturated rings. The van der Waals surface area contributed by atoms with Gasteiger partial charge in [-0.2, -0.15) is 0 Å². The number of hydrogen-bond acceptors (Lipinski definition) is 8. The molecule has 0 aromatic heterocycles. The van der Waals surface area contributed by atoms with Gasteiger partial charge in [0.05, 0.1) is 31.6 Å². The third-order valence-corrected chi connectivity index (χ3v) is 5.79. The topological polar surface area (TPSA) is 144 Å². The standard InChI is InChI=1S/C16H32NO9P/c1-9(2)23-6-7-24-16-13(17-11(5)18)15(20)14(19)12(26-16)8-25-27(21,22)10(3)4/h9-10,12-16,19-20H,6-8H2,1-5H3,(H,17,18)(H,21,22). The minimum atomic E-state index is -3.88. The molecule has 1 aliphatic heterocycles. The number of rotatable bonds is 10. The van der Waals surface area contributed by atoms with E-state index in [1.165, 1.54) is 20.8 Å². The fourth-order valence-corrected chi connectivity index (χ4v) is 3.04. The van der Waals surface area contributed by atoms with Gasteiger partial charge in [0.15, 0.2) is 6.29 Å². The fourth-order valence-electron chi connectivity index (χ4n) is 2.38. The quantitative estimate of drug-likeness (QED) is 0.287. The van der Waals surface area contributed by atoms with E-state index in [0.29, 0.717) is 0 Å². The number of aliphatic hydroxyl groups excluding tert-OH is 2.